The summed E-state index contributed by atoms with van der Waals surface area (Å²) in [6.45, 7) is 2.16. The Morgan fingerprint density at radius 3 is 2.67 bits per heavy atom. The van der Waals surface area contributed by atoms with Crippen LogP contribution in [-0.2, 0) is 6.42 Å². The van der Waals surface area contributed by atoms with Crippen molar-refractivity contribution in [2.45, 2.75) is 13.3 Å². The van der Waals surface area contributed by atoms with Gasteiger partial charge in [-0.1, -0.05) is 25.1 Å². The summed E-state index contributed by atoms with van der Waals surface area (Å²) in [4.78, 5) is 3.35. The lowest BCUT2D eigenvalue weighted by Crippen LogP contribution is -1.74. The van der Waals surface area contributed by atoms with Crippen LogP contribution in [0.5, 0.6) is 0 Å². The van der Waals surface area contributed by atoms with Crippen LogP contribution in [0.4, 0.5) is 0 Å². The maximum atomic E-state index is 3.35. The molecule has 12 heavy (non-hydrogen) atoms. The van der Waals surface area contributed by atoms with Crippen molar-refractivity contribution < 1.29 is 0 Å². The highest BCUT2D eigenvalue weighted by atomic mass is 79.9. The molecule has 0 bridgehead atoms. The van der Waals surface area contributed by atoms with Gasteiger partial charge in [-0.05, 0) is 23.9 Å². The standard InChI is InChI=1S/C10H11N.BrH/c1-2-9-7-8-5-3-4-6-10(8)11-9;/h3-7,11H,2H2,1H3;1H. The number of aromatic nitrogens is 1. The fourth-order valence-corrected chi connectivity index (χ4v) is 1.32. The lowest BCUT2D eigenvalue weighted by molar-refractivity contribution is 1.07. The van der Waals surface area contributed by atoms with Gasteiger partial charge >= 0.3 is 0 Å². The molecule has 0 unspecified atom stereocenters. The van der Waals surface area contributed by atoms with Crippen LogP contribution in [0.1, 0.15) is 12.6 Å². The SMILES string of the molecule is Br.CCc1cc2ccccc2[nH]1. The number of nitrogens with one attached hydrogen (secondary N) is 1. The molecule has 0 saturated heterocycles. The molecule has 0 atom stereocenters. The Morgan fingerprint density at radius 2 is 2.00 bits per heavy atom. The summed E-state index contributed by atoms with van der Waals surface area (Å²) in [6, 6.07) is 10.6. The molecular weight excluding hydrogens is 214 g/mol. The third-order valence-corrected chi connectivity index (χ3v) is 1.97. The van der Waals surface area contributed by atoms with Gasteiger partial charge in [-0.3, -0.25) is 0 Å². The topological polar surface area (TPSA) is 15.8 Å². The molecule has 1 nitrogen and oxygen atoms in total. The summed E-state index contributed by atoms with van der Waals surface area (Å²) in [6.07, 6.45) is 1.08. The summed E-state index contributed by atoms with van der Waals surface area (Å²) in [5.41, 5.74) is 2.55. The quantitative estimate of drug-likeness (QED) is 0.767. The van der Waals surface area contributed by atoms with Crippen molar-refractivity contribution in [3.8, 4) is 0 Å². The summed E-state index contributed by atoms with van der Waals surface area (Å²) in [5, 5.41) is 1.31. The van der Waals surface area contributed by atoms with E-state index in [1.807, 2.05) is 0 Å². The minimum Gasteiger partial charge on any atom is -0.358 e. The van der Waals surface area contributed by atoms with Gasteiger partial charge in [0, 0.05) is 11.2 Å². The summed E-state index contributed by atoms with van der Waals surface area (Å²) >= 11 is 0. The highest BCUT2D eigenvalue weighted by Crippen LogP contribution is 2.14. The summed E-state index contributed by atoms with van der Waals surface area (Å²) < 4.78 is 0. The van der Waals surface area contributed by atoms with Crippen molar-refractivity contribution in [3.63, 3.8) is 0 Å². The second-order valence-corrected chi connectivity index (χ2v) is 2.74. The number of hydrogen-bond acceptors (Lipinski definition) is 0. The summed E-state index contributed by atoms with van der Waals surface area (Å²) in [7, 11) is 0. The zero-order valence-corrected chi connectivity index (χ0v) is 8.72. The summed E-state index contributed by atoms with van der Waals surface area (Å²) in [5.74, 6) is 0. The Labute approximate surface area is 82.6 Å². The molecule has 0 spiro atoms. The van der Waals surface area contributed by atoms with E-state index < -0.39 is 0 Å². The van der Waals surface area contributed by atoms with E-state index in [0.29, 0.717) is 0 Å². The van der Waals surface area contributed by atoms with E-state index >= 15 is 0 Å². The van der Waals surface area contributed by atoms with Crippen LogP contribution in [0.2, 0.25) is 0 Å². The van der Waals surface area contributed by atoms with E-state index in [-0.39, 0.29) is 17.0 Å². The van der Waals surface area contributed by atoms with E-state index in [9.17, 15) is 0 Å². The molecule has 2 rings (SSSR count). The van der Waals surface area contributed by atoms with Gasteiger partial charge in [-0.2, -0.15) is 0 Å². The van der Waals surface area contributed by atoms with Crippen molar-refractivity contribution in [1.82, 2.24) is 4.98 Å². The van der Waals surface area contributed by atoms with Gasteiger partial charge in [0.25, 0.3) is 0 Å². The zero-order valence-electron chi connectivity index (χ0n) is 7.00. The van der Waals surface area contributed by atoms with Gasteiger partial charge in [0.15, 0.2) is 0 Å². The predicted octanol–water partition coefficient (Wildman–Crippen LogP) is 3.31. The molecule has 1 N–H and O–H groups in total. The van der Waals surface area contributed by atoms with Crippen molar-refractivity contribution in [3.05, 3.63) is 36.0 Å². The number of rotatable bonds is 1. The fraction of sp³-hybridized carbons (Fsp3) is 0.200. The maximum Gasteiger partial charge on any atom is 0.0456 e. The van der Waals surface area contributed by atoms with Gasteiger partial charge in [0.2, 0.25) is 0 Å². The number of aromatic amines is 1. The predicted molar refractivity (Wildman–Crippen MR) is 58.0 cm³/mol. The number of aryl methyl sites for hydroxylation is 1. The molecule has 0 radical (unpaired) electrons. The largest absolute Gasteiger partial charge is 0.358 e. The van der Waals surface area contributed by atoms with E-state index in [1.165, 1.54) is 16.6 Å². The van der Waals surface area contributed by atoms with Gasteiger partial charge < -0.3 is 4.98 Å². The molecule has 0 saturated carbocycles. The van der Waals surface area contributed by atoms with Crippen LogP contribution in [0.15, 0.2) is 30.3 Å². The van der Waals surface area contributed by atoms with Gasteiger partial charge in [-0.15, -0.1) is 17.0 Å². The van der Waals surface area contributed by atoms with Gasteiger partial charge in [0.05, 0.1) is 0 Å². The van der Waals surface area contributed by atoms with Crippen molar-refractivity contribution in [2.75, 3.05) is 0 Å². The minimum atomic E-state index is 0. The molecule has 1 aromatic heterocycles. The van der Waals surface area contributed by atoms with E-state index in [4.69, 9.17) is 0 Å². The van der Waals surface area contributed by atoms with E-state index in [1.54, 1.807) is 0 Å². The van der Waals surface area contributed by atoms with Crippen LogP contribution >= 0.6 is 17.0 Å². The Balaban J connectivity index is 0.000000720. The molecule has 0 fully saturated rings. The van der Waals surface area contributed by atoms with Gasteiger partial charge in [0.1, 0.15) is 0 Å². The van der Waals surface area contributed by atoms with Crippen molar-refractivity contribution >= 4 is 27.9 Å². The average Bonchev–Trinajstić information content (AvgIpc) is 2.46. The third kappa shape index (κ3) is 1.53. The number of para-hydroxylation sites is 1. The molecule has 2 heteroatoms. The fourth-order valence-electron chi connectivity index (χ4n) is 1.32. The van der Waals surface area contributed by atoms with E-state index in [0.717, 1.165) is 6.42 Å². The number of benzene rings is 1. The normalized spacial score (nSPS) is 9.75. The average molecular weight is 226 g/mol. The molecule has 0 aliphatic carbocycles. The minimum absolute atomic E-state index is 0. The Hall–Kier alpha value is -0.760. The first kappa shape index (κ1) is 9.33. The van der Waals surface area contributed by atoms with Crippen LogP contribution in [0, 0.1) is 0 Å². The molecule has 0 aliphatic rings. The lowest BCUT2D eigenvalue weighted by atomic mass is 10.2. The maximum absolute atomic E-state index is 3.35. The second kappa shape index (κ2) is 3.76. The van der Waals surface area contributed by atoms with Crippen molar-refractivity contribution in [1.29, 1.82) is 0 Å². The molecule has 2 aromatic rings. The molecule has 1 aromatic carbocycles. The van der Waals surface area contributed by atoms with Crippen molar-refractivity contribution in [2.24, 2.45) is 0 Å². The first-order valence-corrected chi connectivity index (χ1v) is 3.97. The number of H-pyrrole nitrogens is 1. The molecular formula is C10H12BrN. The number of hydrogen-bond donors (Lipinski definition) is 1. The monoisotopic (exact) mass is 225 g/mol. The smallest absolute Gasteiger partial charge is 0.0456 e. The van der Waals surface area contributed by atoms with Crippen LogP contribution in [0.25, 0.3) is 10.9 Å². The van der Waals surface area contributed by atoms with Gasteiger partial charge in [-0.25, -0.2) is 0 Å². The highest BCUT2D eigenvalue weighted by Gasteiger charge is 1.95. The number of halogens is 1. The second-order valence-electron chi connectivity index (χ2n) is 2.74. The zero-order chi connectivity index (χ0) is 7.68. The first-order valence-electron chi connectivity index (χ1n) is 3.97. The van der Waals surface area contributed by atoms with Crippen LogP contribution in [-0.4, -0.2) is 4.98 Å². The molecule has 0 amide bonds. The number of fused-ring (bicyclic) bond motifs is 1. The molecule has 0 aliphatic heterocycles. The van der Waals surface area contributed by atoms with Crippen LogP contribution < -0.4 is 0 Å². The Morgan fingerprint density at radius 1 is 1.25 bits per heavy atom. The first-order chi connectivity index (χ1) is 5.40. The highest BCUT2D eigenvalue weighted by molar-refractivity contribution is 8.93. The molecule has 1 heterocycles. The Bertz CT molecular complexity index is 332. The Kier molecular flexibility index (Phi) is 2.93. The molecule has 64 valence electrons. The third-order valence-electron chi connectivity index (χ3n) is 1.97. The van der Waals surface area contributed by atoms with Crippen LogP contribution in [0.3, 0.4) is 0 Å². The lowest BCUT2D eigenvalue weighted by Gasteiger charge is -1.85. The van der Waals surface area contributed by atoms with E-state index in [2.05, 4.69) is 42.2 Å².